The molecule has 2 aromatic carbocycles. The molecule has 0 fully saturated rings. The summed E-state index contributed by atoms with van der Waals surface area (Å²) in [5.41, 5.74) is 1.29. The summed E-state index contributed by atoms with van der Waals surface area (Å²) in [5.74, 6) is -0.349. The van der Waals surface area contributed by atoms with Gasteiger partial charge in [0.25, 0.3) is 5.91 Å². The Bertz CT molecular complexity index is 957. The van der Waals surface area contributed by atoms with Crippen molar-refractivity contribution in [3.05, 3.63) is 53.4 Å². The first-order chi connectivity index (χ1) is 14.3. The Kier molecular flexibility index (Phi) is 7.80. The van der Waals surface area contributed by atoms with Crippen molar-refractivity contribution in [3.8, 4) is 17.2 Å². The molecular weight excluding hydrogens is 393 g/mol. The first kappa shape index (κ1) is 22.7. The Hall–Kier alpha value is -3.55. The van der Waals surface area contributed by atoms with E-state index in [4.69, 9.17) is 18.9 Å². The lowest BCUT2D eigenvalue weighted by atomic mass is 10.1. The van der Waals surface area contributed by atoms with Crippen molar-refractivity contribution in [2.75, 3.05) is 26.6 Å². The van der Waals surface area contributed by atoms with Crippen LogP contribution in [0.5, 0.6) is 17.2 Å². The molecule has 0 saturated heterocycles. The molecule has 2 rings (SSSR count). The van der Waals surface area contributed by atoms with Gasteiger partial charge in [0.1, 0.15) is 11.6 Å². The summed E-state index contributed by atoms with van der Waals surface area (Å²) in [6.45, 7) is 3.04. The number of carbonyl (C=O) groups is 2. The summed E-state index contributed by atoms with van der Waals surface area (Å²) in [5, 5.41) is 2.50. The lowest BCUT2D eigenvalue weighted by Crippen LogP contribution is -2.29. The molecule has 1 atom stereocenters. The second kappa shape index (κ2) is 10.3. The summed E-state index contributed by atoms with van der Waals surface area (Å²) in [6.07, 6.45) is 1.56. The van der Waals surface area contributed by atoms with Gasteiger partial charge in [-0.2, -0.15) is 0 Å². The number of aryl methyl sites for hydroxylation is 1. The second-order valence-corrected chi connectivity index (χ2v) is 6.31. The third-order valence-electron chi connectivity index (χ3n) is 4.24. The van der Waals surface area contributed by atoms with Crippen LogP contribution in [0.4, 0.5) is 10.1 Å². The molecular formula is C22H24FNO6. The summed E-state index contributed by atoms with van der Waals surface area (Å²) in [7, 11) is 4.48. The monoisotopic (exact) mass is 417 g/mol. The highest BCUT2D eigenvalue weighted by atomic mass is 19.1. The van der Waals surface area contributed by atoms with E-state index in [1.54, 1.807) is 31.2 Å². The molecule has 0 aliphatic carbocycles. The van der Waals surface area contributed by atoms with Gasteiger partial charge in [-0.1, -0.05) is 6.07 Å². The van der Waals surface area contributed by atoms with Gasteiger partial charge in [-0.05, 0) is 43.7 Å². The fourth-order valence-electron chi connectivity index (χ4n) is 2.52. The van der Waals surface area contributed by atoms with E-state index in [1.807, 2.05) is 0 Å². The fourth-order valence-corrected chi connectivity index (χ4v) is 2.52. The zero-order chi connectivity index (χ0) is 22.3. The number of halogens is 1. The van der Waals surface area contributed by atoms with Gasteiger partial charge in [0.2, 0.25) is 0 Å². The molecule has 0 aromatic heterocycles. The van der Waals surface area contributed by atoms with E-state index >= 15 is 0 Å². The average Bonchev–Trinajstić information content (AvgIpc) is 2.73. The van der Waals surface area contributed by atoms with Crippen LogP contribution in [-0.4, -0.2) is 39.3 Å². The summed E-state index contributed by atoms with van der Waals surface area (Å²) >= 11 is 0. The Morgan fingerprint density at radius 3 is 2.23 bits per heavy atom. The number of carbonyl (C=O) groups excluding carboxylic acids is 2. The number of nitrogens with one attached hydrogen (secondary N) is 1. The summed E-state index contributed by atoms with van der Waals surface area (Å²) < 4.78 is 34.4. The standard InChI is InChI=1S/C22H24FNO6/c1-13-6-8-16(11-17(13)23)24-22(26)14(2)30-21(25)9-7-15-10-19(28-4)20(29-5)12-18(15)27-3/h6-12,14H,1-5H3,(H,24,26)/b9-7+. The molecule has 30 heavy (non-hydrogen) atoms. The van der Waals surface area contributed by atoms with E-state index in [1.165, 1.54) is 46.5 Å². The molecule has 0 heterocycles. The van der Waals surface area contributed by atoms with Crippen LogP contribution in [0.3, 0.4) is 0 Å². The van der Waals surface area contributed by atoms with E-state index in [0.29, 0.717) is 28.4 Å². The number of hydrogen-bond acceptors (Lipinski definition) is 6. The molecule has 8 heteroatoms. The van der Waals surface area contributed by atoms with E-state index in [0.717, 1.165) is 0 Å². The zero-order valence-corrected chi connectivity index (χ0v) is 17.4. The maximum absolute atomic E-state index is 13.6. The molecule has 0 spiro atoms. The van der Waals surface area contributed by atoms with Crippen molar-refractivity contribution < 1.29 is 32.9 Å². The maximum Gasteiger partial charge on any atom is 0.331 e. The maximum atomic E-state index is 13.6. The molecule has 1 unspecified atom stereocenters. The van der Waals surface area contributed by atoms with E-state index < -0.39 is 23.8 Å². The second-order valence-electron chi connectivity index (χ2n) is 6.31. The Morgan fingerprint density at radius 1 is 1.00 bits per heavy atom. The van der Waals surface area contributed by atoms with Crippen LogP contribution < -0.4 is 19.5 Å². The van der Waals surface area contributed by atoms with E-state index in [-0.39, 0.29) is 5.69 Å². The SMILES string of the molecule is COc1cc(OC)c(OC)cc1/C=C/C(=O)OC(C)C(=O)Nc1ccc(C)c(F)c1. The van der Waals surface area contributed by atoms with Crippen LogP contribution in [0.1, 0.15) is 18.1 Å². The smallest absolute Gasteiger partial charge is 0.331 e. The number of benzene rings is 2. The summed E-state index contributed by atoms with van der Waals surface area (Å²) in [6, 6.07) is 7.57. The van der Waals surface area contributed by atoms with Gasteiger partial charge in [0.15, 0.2) is 17.6 Å². The predicted molar refractivity (Wildman–Crippen MR) is 110 cm³/mol. The molecule has 0 aliphatic heterocycles. The highest BCUT2D eigenvalue weighted by Crippen LogP contribution is 2.35. The number of anilines is 1. The molecule has 1 N–H and O–H groups in total. The molecule has 0 radical (unpaired) electrons. The number of esters is 1. The minimum atomic E-state index is -1.08. The lowest BCUT2D eigenvalue weighted by Gasteiger charge is -2.13. The minimum absolute atomic E-state index is 0.275. The first-order valence-corrected chi connectivity index (χ1v) is 9.04. The normalized spacial score (nSPS) is 11.7. The molecule has 160 valence electrons. The van der Waals surface area contributed by atoms with Gasteiger partial charge >= 0.3 is 5.97 Å². The summed E-state index contributed by atoms with van der Waals surface area (Å²) in [4.78, 5) is 24.3. The molecule has 2 aromatic rings. The van der Waals surface area contributed by atoms with Crippen LogP contribution in [0.2, 0.25) is 0 Å². The molecule has 0 bridgehead atoms. The Morgan fingerprint density at radius 2 is 1.63 bits per heavy atom. The van der Waals surface area contributed by atoms with E-state index in [9.17, 15) is 14.0 Å². The van der Waals surface area contributed by atoms with Crippen LogP contribution >= 0.6 is 0 Å². The number of ether oxygens (including phenoxy) is 4. The van der Waals surface area contributed by atoms with E-state index in [2.05, 4.69) is 5.32 Å². The van der Waals surface area contributed by atoms with Crippen LogP contribution in [0.25, 0.3) is 6.08 Å². The molecule has 0 aliphatic rings. The minimum Gasteiger partial charge on any atom is -0.496 e. The molecule has 7 nitrogen and oxygen atoms in total. The third-order valence-corrected chi connectivity index (χ3v) is 4.24. The lowest BCUT2D eigenvalue weighted by molar-refractivity contribution is -0.148. The Labute approximate surface area is 174 Å². The predicted octanol–water partition coefficient (Wildman–Crippen LogP) is 3.74. The first-order valence-electron chi connectivity index (χ1n) is 9.04. The van der Waals surface area contributed by atoms with Crippen molar-refractivity contribution in [3.63, 3.8) is 0 Å². The highest BCUT2D eigenvalue weighted by molar-refractivity contribution is 5.96. The van der Waals surface area contributed by atoms with Crippen LogP contribution in [0.15, 0.2) is 36.4 Å². The van der Waals surface area contributed by atoms with Crippen molar-refractivity contribution in [1.82, 2.24) is 0 Å². The van der Waals surface area contributed by atoms with Gasteiger partial charge in [-0.3, -0.25) is 4.79 Å². The zero-order valence-electron chi connectivity index (χ0n) is 17.4. The highest BCUT2D eigenvalue weighted by Gasteiger charge is 2.17. The third kappa shape index (κ3) is 5.73. The van der Waals surface area contributed by atoms with Crippen molar-refractivity contribution >= 4 is 23.6 Å². The Balaban J connectivity index is 2.04. The number of methoxy groups -OCH3 is 3. The average molecular weight is 417 g/mol. The fraction of sp³-hybridized carbons (Fsp3) is 0.273. The van der Waals surface area contributed by atoms with Crippen LogP contribution in [0, 0.1) is 12.7 Å². The van der Waals surface area contributed by atoms with Crippen LogP contribution in [-0.2, 0) is 14.3 Å². The molecule has 0 saturated carbocycles. The van der Waals surface area contributed by atoms with Gasteiger partial charge in [-0.15, -0.1) is 0 Å². The number of rotatable bonds is 8. The van der Waals surface area contributed by atoms with Gasteiger partial charge in [0.05, 0.1) is 21.3 Å². The van der Waals surface area contributed by atoms with Gasteiger partial charge in [-0.25, -0.2) is 9.18 Å². The van der Waals surface area contributed by atoms with Crippen molar-refractivity contribution in [2.24, 2.45) is 0 Å². The quantitative estimate of drug-likeness (QED) is 0.520. The number of hydrogen-bond donors (Lipinski definition) is 1. The van der Waals surface area contributed by atoms with Crippen molar-refractivity contribution in [2.45, 2.75) is 20.0 Å². The van der Waals surface area contributed by atoms with Gasteiger partial charge < -0.3 is 24.3 Å². The van der Waals surface area contributed by atoms with Gasteiger partial charge in [0, 0.05) is 23.4 Å². The largest absolute Gasteiger partial charge is 0.496 e. The topological polar surface area (TPSA) is 83.1 Å². The molecule has 1 amide bonds. The number of amides is 1. The van der Waals surface area contributed by atoms with Crippen molar-refractivity contribution in [1.29, 1.82) is 0 Å².